The minimum Gasteiger partial charge on any atom is -0.326 e. The molecule has 2 aliphatic heterocycles. The fourth-order valence-corrected chi connectivity index (χ4v) is 3.95. The molecule has 0 radical (unpaired) electrons. The summed E-state index contributed by atoms with van der Waals surface area (Å²) in [6.07, 6.45) is 4.52. The molecule has 2 aliphatic rings. The van der Waals surface area contributed by atoms with Crippen LogP contribution in [-0.4, -0.2) is 40.6 Å². The van der Waals surface area contributed by atoms with Gasteiger partial charge in [-0.15, -0.1) is 0 Å². The van der Waals surface area contributed by atoms with E-state index in [1.165, 1.54) is 0 Å². The summed E-state index contributed by atoms with van der Waals surface area (Å²) in [5.74, 6) is -0.807. The van der Waals surface area contributed by atoms with Gasteiger partial charge in [-0.3, -0.25) is 24.4 Å². The SMILES string of the molecule is Cn1cc([C@H]2CNC[C@@H]2C(=O)Nc2ccc(CC3CC(=O)NC3=O)cc2)cn1. The summed E-state index contributed by atoms with van der Waals surface area (Å²) in [6.45, 7) is 1.39. The zero-order valence-electron chi connectivity index (χ0n) is 15.6. The highest BCUT2D eigenvalue weighted by atomic mass is 16.2. The van der Waals surface area contributed by atoms with Gasteiger partial charge < -0.3 is 10.6 Å². The maximum atomic E-state index is 12.8. The van der Waals surface area contributed by atoms with Gasteiger partial charge in [0.25, 0.3) is 0 Å². The Balaban J connectivity index is 1.38. The fraction of sp³-hybridized carbons (Fsp3) is 0.400. The Hall–Kier alpha value is -3.00. The number of carbonyl (C=O) groups is 3. The van der Waals surface area contributed by atoms with Crippen molar-refractivity contribution in [3.63, 3.8) is 0 Å². The highest BCUT2D eigenvalue weighted by molar-refractivity contribution is 6.03. The summed E-state index contributed by atoms with van der Waals surface area (Å²) in [6, 6.07) is 7.45. The van der Waals surface area contributed by atoms with Crippen molar-refractivity contribution in [1.82, 2.24) is 20.4 Å². The summed E-state index contributed by atoms with van der Waals surface area (Å²) in [7, 11) is 1.87. The molecular formula is C20H23N5O3. The number of hydrogen-bond donors (Lipinski definition) is 3. The van der Waals surface area contributed by atoms with Gasteiger partial charge in [0.1, 0.15) is 0 Å². The lowest BCUT2D eigenvalue weighted by Gasteiger charge is -2.17. The molecule has 3 amide bonds. The van der Waals surface area contributed by atoms with Crippen LogP contribution in [0.3, 0.4) is 0 Å². The Morgan fingerprint density at radius 1 is 1.25 bits per heavy atom. The van der Waals surface area contributed by atoms with Gasteiger partial charge in [0.15, 0.2) is 0 Å². The standard InChI is InChI=1S/C20H23N5O3/c1-25-11-14(8-22-25)16-9-21-10-17(16)20(28)23-15-4-2-12(3-5-15)6-13-7-18(26)24-19(13)27/h2-5,8,11,13,16-17,21H,6-7,9-10H2,1H3,(H,23,28)(H,24,26,27)/t13?,16-,17+/m1/s1. The molecule has 3 atom stereocenters. The minimum absolute atomic E-state index is 0.0210. The number of aromatic nitrogens is 2. The largest absolute Gasteiger partial charge is 0.326 e. The molecule has 2 fully saturated rings. The average Bonchev–Trinajstić information content (AvgIpc) is 3.37. The van der Waals surface area contributed by atoms with Crippen LogP contribution in [0.4, 0.5) is 5.69 Å². The molecule has 2 saturated heterocycles. The highest BCUT2D eigenvalue weighted by Gasteiger charge is 2.35. The third-order valence-electron chi connectivity index (χ3n) is 5.47. The number of nitrogens with zero attached hydrogens (tertiary/aromatic N) is 2. The van der Waals surface area contributed by atoms with E-state index in [2.05, 4.69) is 21.0 Å². The van der Waals surface area contributed by atoms with E-state index in [1.807, 2.05) is 43.7 Å². The van der Waals surface area contributed by atoms with Crippen molar-refractivity contribution in [2.45, 2.75) is 18.8 Å². The number of amides is 3. The van der Waals surface area contributed by atoms with Crippen molar-refractivity contribution < 1.29 is 14.4 Å². The lowest BCUT2D eigenvalue weighted by atomic mass is 9.90. The number of aryl methyl sites for hydroxylation is 1. The molecule has 0 bridgehead atoms. The molecule has 4 rings (SSSR count). The number of carbonyl (C=O) groups excluding carboxylic acids is 3. The molecule has 8 nitrogen and oxygen atoms in total. The monoisotopic (exact) mass is 381 g/mol. The maximum absolute atomic E-state index is 12.8. The van der Waals surface area contributed by atoms with Gasteiger partial charge in [0.05, 0.1) is 18.0 Å². The summed E-state index contributed by atoms with van der Waals surface area (Å²) in [5, 5.41) is 12.8. The zero-order chi connectivity index (χ0) is 19.7. The van der Waals surface area contributed by atoms with E-state index in [0.29, 0.717) is 13.0 Å². The van der Waals surface area contributed by atoms with Crippen molar-refractivity contribution in [2.24, 2.45) is 18.9 Å². The van der Waals surface area contributed by atoms with Gasteiger partial charge >= 0.3 is 0 Å². The van der Waals surface area contributed by atoms with Crippen molar-refractivity contribution in [3.05, 3.63) is 47.8 Å². The summed E-state index contributed by atoms with van der Waals surface area (Å²) in [4.78, 5) is 35.8. The molecule has 3 heterocycles. The number of rotatable bonds is 5. The van der Waals surface area contributed by atoms with Crippen LogP contribution in [0.25, 0.3) is 0 Å². The zero-order valence-corrected chi connectivity index (χ0v) is 15.6. The predicted molar refractivity (Wildman–Crippen MR) is 102 cm³/mol. The van der Waals surface area contributed by atoms with E-state index >= 15 is 0 Å². The Morgan fingerprint density at radius 2 is 2.04 bits per heavy atom. The number of nitrogens with one attached hydrogen (secondary N) is 3. The van der Waals surface area contributed by atoms with Crippen LogP contribution in [-0.2, 0) is 27.9 Å². The van der Waals surface area contributed by atoms with Crippen LogP contribution in [0.2, 0.25) is 0 Å². The molecule has 0 spiro atoms. The van der Waals surface area contributed by atoms with Crippen molar-refractivity contribution >= 4 is 23.4 Å². The van der Waals surface area contributed by atoms with Gasteiger partial charge in [-0.2, -0.15) is 5.10 Å². The maximum Gasteiger partial charge on any atom is 0.230 e. The van der Waals surface area contributed by atoms with Gasteiger partial charge in [-0.05, 0) is 29.7 Å². The van der Waals surface area contributed by atoms with Crippen LogP contribution >= 0.6 is 0 Å². The minimum atomic E-state index is -0.308. The molecule has 1 aromatic carbocycles. The van der Waals surface area contributed by atoms with E-state index in [-0.39, 0.29) is 41.9 Å². The first kappa shape index (κ1) is 18.4. The fourth-order valence-electron chi connectivity index (χ4n) is 3.95. The van der Waals surface area contributed by atoms with Gasteiger partial charge in [-0.25, -0.2) is 0 Å². The van der Waals surface area contributed by atoms with Crippen molar-refractivity contribution in [3.8, 4) is 0 Å². The van der Waals surface area contributed by atoms with E-state index < -0.39 is 0 Å². The van der Waals surface area contributed by atoms with Gasteiger partial charge in [0, 0.05) is 44.4 Å². The third-order valence-corrected chi connectivity index (χ3v) is 5.47. The first-order valence-corrected chi connectivity index (χ1v) is 9.42. The lowest BCUT2D eigenvalue weighted by Crippen LogP contribution is -2.28. The quantitative estimate of drug-likeness (QED) is 0.657. The molecule has 2 aromatic rings. The Bertz CT molecular complexity index is 905. The second-order valence-electron chi connectivity index (χ2n) is 7.52. The number of imide groups is 1. The molecule has 28 heavy (non-hydrogen) atoms. The molecule has 1 unspecified atom stereocenters. The molecule has 1 aromatic heterocycles. The molecule has 8 heteroatoms. The molecule has 3 N–H and O–H groups in total. The van der Waals surface area contributed by atoms with Crippen molar-refractivity contribution in [2.75, 3.05) is 18.4 Å². The Morgan fingerprint density at radius 3 is 2.68 bits per heavy atom. The summed E-state index contributed by atoms with van der Waals surface area (Å²) >= 11 is 0. The van der Waals surface area contributed by atoms with E-state index in [4.69, 9.17) is 0 Å². The molecule has 146 valence electrons. The first-order chi connectivity index (χ1) is 13.5. The first-order valence-electron chi connectivity index (χ1n) is 9.42. The lowest BCUT2D eigenvalue weighted by molar-refractivity contribution is -0.126. The average molecular weight is 381 g/mol. The second-order valence-corrected chi connectivity index (χ2v) is 7.52. The van der Waals surface area contributed by atoms with Crippen molar-refractivity contribution in [1.29, 1.82) is 0 Å². The topological polar surface area (TPSA) is 105 Å². The van der Waals surface area contributed by atoms with E-state index in [9.17, 15) is 14.4 Å². The smallest absolute Gasteiger partial charge is 0.230 e. The Labute approximate surface area is 162 Å². The molecule has 0 saturated carbocycles. The Kier molecular flexibility index (Phi) is 4.95. The number of benzene rings is 1. The van der Waals surface area contributed by atoms with Crippen LogP contribution < -0.4 is 16.0 Å². The normalized spacial score (nSPS) is 24.4. The number of hydrogen-bond acceptors (Lipinski definition) is 5. The van der Waals surface area contributed by atoms with Gasteiger partial charge in [-0.1, -0.05) is 12.1 Å². The van der Waals surface area contributed by atoms with Gasteiger partial charge in [0.2, 0.25) is 17.7 Å². The molecule has 0 aliphatic carbocycles. The predicted octanol–water partition coefficient (Wildman–Crippen LogP) is 0.567. The molecular weight excluding hydrogens is 358 g/mol. The van der Waals surface area contributed by atoms with Crippen LogP contribution in [0.5, 0.6) is 0 Å². The second kappa shape index (κ2) is 7.55. The summed E-state index contributed by atoms with van der Waals surface area (Å²) in [5.41, 5.74) is 2.74. The van der Waals surface area contributed by atoms with E-state index in [0.717, 1.165) is 23.4 Å². The number of anilines is 1. The van der Waals surface area contributed by atoms with Crippen LogP contribution in [0, 0.1) is 11.8 Å². The third kappa shape index (κ3) is 3.82. The van der Waals surface area contributed by atoms with Crippen LogP contribution in [0.1, 0.15) is 23.5 Å². The van der Waals surface area contributed by atoms with E-state index in [1.54, 1.807) is 4.68 Å². The van der Waals surface area contributed by atoms with Crippen LogP contribution in [0.15, 0.2) is 36.7 Å². The highest BCUT2D eigenvalue weighted by Crippen LogP contribution is 2.29. The summed E-state index contributed by atoms with van der Waals surface area (Å²) < 4.78 is 1.75.